The largest absolute Gasteiger partial charge is 0.497 e. The molecule has 2 aromatic carbocycles. The van der Waals surface area contributed by atoms with Gasteiger partial charge in [-0.05, 0) is 62.4 Å². The first-order valence-electron chi connectivity index (χ1n) is 13.4. The van der Waals surface area contributed by atoms with Crippen LogP contribution in [0.1, 0.15) is 63.0 Å². The lowest BCUT2D eigenvalue weighted by Crippen LogP contribution is -2.51. The number of aryl methyl sites for hydroxylation is 1. The molecule has 0 saturated heterocycles. The molecule has 2 aromatic rings. The van der Waals surface area contributed by atoms with E-state index in [2.05, 4.69) is 5.32 Å². The molecule has 0 radical (unpaired) electrons. The van der Waals surface area contributed by atoms with Crippen molar-refractivity contribution in [2.24, 2.45) is 0 Å². The molecule has 208 valence electrons. The number of hydrogen-bond donors (Lipinski definition) is 1. The third-order valence-electron chi connectivity index (χ3n) is 7.05. The van der Waals surface area contributed by atoms with Gasteiger partial charge in [0.25, 0.3) is 0 Å². The Morgan fingerprint density at radius 3 is 2.39 bits per heavy atom. The van der Waals surface area contributed by atoms with Gasteiger partial charge in [0.05, 0.1) is 19.1 Å². The summed E-state index contributed by atoms with van der Waals surface area (Å²) < 4.78 is 31.7. The van der Waals surface area contributed by atoms with E-state index in [4.69, 9.17) is 4.74 Å². The topological polar surface area (TPSA) is 96.0 Å². The van der Waals surface area contributed by atoms with Crippen molar-refractivity contribution in [3.05, 3.63) is 59.7 Å². The van der Waals surface area contributed by atoms with Crippen molar-refractivity contribution in [3.63, 3.8) is 0 Å². The van der Waals surface area contributed by atoms with Crippen LogP contribution in [0.25, 0.3) is 0 Å². The fourth-order valence-corrected chi connectivity index (χ4v) is 5.93. The van der Waals surface area contributed by atoms with Crippen LogP contribution < -0.4 is 14.4 Å². The minimum Gasteiger partial charge on any atom is -0.497 e. The summed E-state index contributed by atoms with van der Waals surface area (Å²) in [5, 5.41) is 3.15. The summed E-state index contributed by atoms with van der Waals surface area (Å²) >= 11 is 0. The zero-order chi connectivity index (χ0) is 27.7. The minimum atomic E-state index is -3.52. The zero-order valence-electron chi connectivity index (χ0n) is 23.0. The molecule has 8 nitrogen and oxygen atoms in total. The van der Waals surface area contributed by atoms with Crippen LogP contribution in [0, 0.1) is 6.92 Å². The van der Waals surface area contributed by atoms with E-state index in [1.807, 2.05) is 50.2 Å². The molecule has 3 rings (SSSR count). The molecule has 9 heteroatoms. The number of sulfonamides is 1. The number of anilines is 1. The Labute approximate surface area is 227 Å². The number of benzene rings is 2. The molecule has 1 aliphatic rings. The van der Waals surface area contributed by atoms with E-state index in [-0.39, 0.29) is 37.4 Å². The smallest absolute Gasteiger partial charge is 0.243 e. The van der Waals surface area contributed by atoms with Crippen LogP contribution in [0.5, 0.6) is 5.75 Å². The SMILES string of the molecule is CCC(C(=O)NC1CCCC1)N(Cc1cccc(OC)c1)C(=O)CCCN(c1ccc(C)cc1)S(C)(=O)=O. The number of nitrogens with one attached hydrogen (secondary N) is 1. The van der Waals surface area contributed by atoms with Crippen molar-refractivity contribution in [1.82, 2.24) is 10.2 Å². The molecule has 0 heterocycles. The van der Waals surface area contributed by atoms with E-state index < -0.39 is 16.1 Å². The summed E-state index contributed by atoms with van der Waals surface area (Å²) in [5.41, 5.74) is 2.47. The van der Waals surface area contributed by atoms with E-state index in [0.717, 1.165) is 36.8 Å². The van der Waals surface area contributed by atoms with Crippen molar-refractivity contribution in [3.8, 4) is 5.75 Å². The van der Waals surface area contributed by atoms with Crippen molar-refractivity contribution in [2.45, 2.75) is 77.4 Å². The maximum atomic E-state index is 13.6. The first-order chi connectivity index (χ1) is 18.1. The molecule has 1 aliphatic carbocycles. The second-order valence-electron chi connectivity index (χ2n) is 10.1. The molecule has 1 N–H and O–H groups in total. The van der Waals surface area contributed by atoms with Gasteiger partial charge in [-0.15, -0.1) is 0 Å². The van der Waals surface area contributed by atoms with Gasteiger partial charge in [0.1, 0.15) is 11.8 Å². The van der Waals surface area contributed by atoms with Crippen LogP contribution in [0.3, 0.4) is 0 Å². The van der Waals surface area contributed by atoms with Gasteiger partial charge < -0.3 is 15.0 Å². The number of ether oxygens (including phenoxy) is 1. The van der Waals surface area contributed by atoms with Crippen LogP contribution in [0.4, 0.5) is 5.69 Å². The first kappa shape index (κ1) is 29.5. The summed E-state index contributed by atoms with van der Waals surface area (Å²) in [4.78, 5) is 28.5. The van der Waals surface area contributed by atoms with Crippen molar-refractivity contribution in [1.29, 1.82) is 0 Å². The van der Waals surface area contributed by atoms with Crippen LogP contribution >= 0.6 is 0 Å². The summed E-state index contributed by atoms with van der Waals surface area (Å²) in [6, 6.07) is 14.3. The molecule has 1 fully saturated rings. The molecule has 38 heavy (non-hydrogen) atoms. The maximum Gasteiger partial charge on any atom is 0.243 e. The van der Waals surface area contributed by atoms with Crippen molar-refractivity contribution >= 4 is 27.5 Å². The second-order valence-corrected chi connectivity index (χ2v) is 12.0. The van der Waals surface area contributed by atoms with Gasteiger partial charge in [-0.1, -0.05) is 49.6 Å². The Hall–Kier alpha value is -3.07. The van der Waals surface area contributed by atoms with Gasteiger partial charge in [0, 0.05) is 25.6 Å². The van der Waals surface area contributed by atoms with E-state index >= 15 is 0 Å². The van der Waals surface area contributed by atoms with Gasteiger partial charge in [-0.2, -0.15) is 0 Å². The molecule has 1 atom stereocenters. The molecule has 1 saturated carbocycles. The van der Waals surface area contributed by atoms with Crippen molar-refractivity contribution in [2.75, 3.05) is 24.2 Å². The molecule has 0 bridgehead atoms. The number of hydrogen-bond acceptors (Lipinski definition) is 5. The predicted octanol–water partition coefficient (Wildman–Crippen LogP) is 4.42. The van der Waals surface area contributed by atoms with Crippen molar-refractivity contribution < 1.29 is 22.7 Å². The highest BCUT2D eigenvalue weighted by molar-refractivity contribution is 7.92. The minimum absolute atomic E-state index is 0.120. The third-order valence-corrected chi connectivity index (χ3v) is 8.24. The zero-order valence-corrected chi connectivity index (χ0v) is 23.8. The summed E-state index contributed by atoms with van der Waals surface area (Å²) in [6.07, 6.45) is 6.23. The molecule has 2 amide bonds. The lowest BCUT2D eigenvalue weighted by atomic mass is 10.1. The Morgan fingerprint density at radius 2 is 1.79 bits per heavy atom. The summed E-state index contributed by atoms with van der Waals surface area (Å²) in [7, 11) is -1.93. The molecular formula is C29H41N3O5S. The van der Waals surface area contributed by atoms with Gasteiger partial charge in [0.15, 0.2) is 0 Å². The fourth-order valence-electron chi connectivity index (χ4n) is 4.97. The Morgan fingerprint density at radius 1 is 1.11 bits per heavy atom. The average Bonchev–Trinajstić information content (AvgIpc) is 3.39. The summed E-state index contributed by atoms with van der Waals surface area (Å²) in [5.74, 6) is 0.368. The normalized spacial score (nSPS) is 14.6. The van der Waals surface area contributed by atoms with Crippen LogP contribution in [-0.4, -0.2) is 57.1 Å². The first-order valence-corrected chi connectivity index (χ1v) is 15.2. The lowest BCUT2D eigenvalue weighted by molar-refractivity contribution is -0.141. The number of carbonyl (C=O) groups is 2. The number of rotatable bonds is 13. The number of methoxy groups -OCH3 is 1. The Bertz CT molecular complexity index is 1180. The number of nitrogens with zero attached hydrogens (tertiary/aromatic N) is 2. The van der Waals surface area contributed by atoms with E-state index in [1.165, 1.54) is 10.6 Å². The average molecular weight is 544 g/mol. The van der Waals surface area contributed by atoms with E-state index in [1.54, 1.807) is 24.1 Å². The maximum absolute atomic E-state index is 13.6. The van der Waals surface area contributed by atoms with Gasteiger partial charge in [0.2, 0.25) is 21.8 Å². The monoisotopic (exact) mass is 543 g/mol. The van der Waals surface area contributed by atoms with Crippen LogP contribution in [0.2, 0.25) is 0 Å². The number of amides is 2. The predicted molar refractivity (Wildman–Crippen MR) is 151 cm³/mol. The highest BCUT2D eigenvalue weighted by Gasteiger charge is 2.30. The molecular weight excluding hydrogens is 502 g/mol. The molecule has 1 unspecified atom stereocenters. The Balaban J connectivity index is 1.76. The summed E-state index contributed by atoms with van der Waals surface area (Å²) in [6.45, 7) is 4.29. The van der Waals surface area contributed by atoms with E-state index in [9.17, 15) is 18.0 Å². The van der Waals surface area contributed by atoms with E-state index in [0.29, 0.717) is 24.3 Å². The highest BCUT2D eigenvalue weighted by Crippen LogP contribution is 2.22. The number of carbonyl (C=O) groups excluding carboxylic acids is 2. The van der Waals surface area contributed by atoms with Gasteiger partial charge >= 0.3 is 0 Å². The fraction of sp³-hybridized carbons (Fsp3) is 0.517. The second kappa shape index (κ2) is 13.6. The van der Waals surface area contributed by atoms with Gasteiger partial charge in [-0.25, -0.2) is 8.42 Å². The van der Waals surface area contributed by atoms with Crippen LogP contribution in [-0.2, 0) is 26.2 Å². The Kier molecular flexibility index (Phi) is 10.6. The van der Waals surface area contributed by atoms with Crippen LogP contribution in [0.15, 0.2) is 48.5 Å². The third kappa shape index (κ3) is 8.21. The molecule has 0 spiro atoms. The molecule has 0 aliphatic heterocycles. The van der Waals surface area contributed by atoms with Gasteiger partial charge in [-0.3, -0.25) is 13.9 Å². The quantitative estimate of drug-likeness (QED) is 0.404. The lowest BCUT2D eigenvalue weighted by Gasteiger charge is -2.32. The standard InChI is InChI=1S/C29H41N3O5S/c1-5-27(29(34)30-24-11-6-7-12-24)31(21-23-10-8-13-26(20-23)37-3)28(33)14-9-19-32(38(4,35)36)25-17-15-22(2)16-18-25/h8,10,13,15-18,20,24,27H,5-7,9,11-12,14,19,21H2,1-4H3,(H,30,34). The highest BCUT2D eigenvalue weighted by atomic mass is 32.2. The molecule has 0 aromatic heterocycles.